The summed E-state index contributed by atoms with van der Waals surface area (Å²) in [7, 11) is 0. The lowest BCUT2D eigenvalue weighted by Crippen LogP contribution is -1.98. The van der Waals surface area contributed by atoms with Gasteiger partial charge in [0.25, 0.3) is 0 Å². The smallest absolute Gasteiger partial charge is 0.126 e. The number of nitrogens with one attached hydrogen (secondary N) is 1. The van der Waals surface area contributed by atoms with Crippen molar-refractivity contribution >= 4 is 17.6 Å². The van der Waals surface area contributed by atoms with E-state index in [9.17, 15) is 0 Å². The SMILES string of the molecule is CCNc1cc(Sc2ccccc2)ccn1. The van der Waals surface area contributed by atoms with Crippen LogP contribution in [0.15, 0.2) is 58.5 Å². The predicted octanol–water partition coefficient (Wildman–Crippen LogP) is 3.66. The number of hydrogen-bond donors (Lipinski definition) is 1. The highest BCUT2D eigenvalue weighted by molar-refractivity contribution is 7.99. The van der Waals surface area contributed by atoms with E-state index in [1.54, 1.807) is 11.8 Å². The van der Waals surface area contributed by atoms with Crippen LogP contribution < -0.4 is 5.32 Å². The Labute approximate surface area is 100 Å². The summed E-state index contributed by atoms with van der Waals surface area (Å²) in [5, 5.41) is 3.21. The maximum atomic E-state index is 4.25. The third-order valence-corrected chi connectivity index (χ3v) is 3.07. The van der Waals surface area contributed by atoms with Gasteiger partial charge in [-0.05, 0) is 31.2 Å². The lowest BCUT2D eigenvalue weighted by molar-refractivity contribution is 1.14. The van der Waals surface area contributed by atoms with Crippen molar-refractivity contribution in [3.8, 4) is 0 Å². The monoisotopic (exact) mass is 230 g/mol. The van der Waals surface area contributed by atoms with Crippen molar-refractivity contribution < 1.29 is 0 Å². The van der Waals surface area contributed by atoms with E-state index in [2.05, 4.69) is 47.6 Å². The Kier molecular flexibility index (Phi) is 3.83. The lowest BCUT2D eigenvalue weighted by atomic mass is 10.4. The van der Waals surface area contributed by atoms with Crippen molar-refractivity contribution in [3.05, 3.63) is 48.7 Å². The van der Waals surface area contributed by atoms with Crippen LogP contribution in [0.5, 0.6) is 0 Å². The van der Waals surface area contributed by atoms with Gasteiger partial charge in [-0.1, -0.05) is 30.0 Å². The Morgan fingerprint density at radius 1 is 1.12 bits per heavy atom. The van der Waals surface area contributed by atoms with Crippen LogP contribution in [0.1, 0.15) is 6.92 Å². The topological polar surface area (TPSA) is 24.9 Å². The molecule has 2 rings (SSSR count). The van der Waals surface area contributed by atoms with Gasteiger partial charge in [0.2, 0.25) is 0 Å². The van der Waals surface area contributed by atoms with E-state index in [1.807, 2.05) is 18.3 Å². The van der Waals surface area contributed by atoms with Gasteiger partial charge in [0.05, 0.1) is 0 Å². The Hall–Kier alpha value is -1.48. The zero-order chi connectivity index (χ0) is 11.2. The molecule has 0 saturated heterocycles. The number of aromatic nitrogens is 1. The molecule has 0 aliphatic carbocycles. The predicted molar refractivity (Wildman–Crippen MR) is 69.0 cm³/mol. The summed E-state index contributed by atoms with van der Waals surface area (Å²) in [5.74, 6) is 0.934. The molecule has 0 saturated carbocycles. The summed E-state index contributed by atoms with van der Waals surface area (Å²) >= 11 is 1.75. The van der Waals surface area contributed by atoms with E-state index in [0.717, 1.165) is 12.4 Å². The lowest BCUT2D eigenvalue weighted by Gasteiger charge is -2.05. The maximum absolute atomic E-state index is 4.25. The van der Waals surface area contributed by atoms with Gasteiger partial charge in [0.1, 0.15) is 5.82 Å². The zero-order valence-electron chi connectivity index (χ0n) is 9.18. The van der Waals surface area contributed by atoms with Crippen molar-refractivity contribution in [2.75, 3.05) is 11.9 Å². The molecule has 0 atom stereocenters. The molecule has 2 aromatic rings. The summed E-state index contributed by atoms with van der Waals surface area (Å²) < 4.78 is 0. The van der Waals surface area contributed by atoms with Crippen LogP contribution >= 0.6 is 11.8 Å². The summed E-state index contributed by atoms with van der Waals surface area (Å²) in [6, 6.07) is 14.4. The average Bonchev–Trinajstić information content (AvgIpc) is 2.31. The Morgan fingerprint density at radius 3 is 2.69 bits per heavy atom. The quantitative estimate of drug-likeness (QED) is 0.867. The fourth-order valence-electron chi connectivity index (χ4n) is 1.38. The van der Waals surface area contributed by atoms with Crippen LogP contribution in [-0.4, -0.2) is 11.5 Å². The second-order valence-electron chi connectivity index (χ2n) is 3.32. The molecule has 0 aliphatic heterocycles. The number of hydrogen-bond acceptors (Lipinski definition) is 3. The number of anilines is 1. The molecule has 1 N–H and O–H groups in total. The van der Waals surface area contributed by atoms with Crippen molar-refractivity contribution in [1.29, 1.82) is 0 Å². The van der Waals surface area contributed by atoms with Crippen molar-refractivity contribution in [1.82, 2.24) is 4.98 Å². The minimum Gasteiger partial charge on any atom is -0.370 e. The summed E-state index contributed by atoms with van der Waals surface area (Å²) in [4.78, 5) is 6.70. The Morgan fingerprint density at radius 2 is 1.94 bits per heavy atom. The van der Waals surface area contributed by atoms with Crippen molar-refractivity contribution in [2.24, 2.45) is 0 Å². The van der Waals surface area contributed by atoms with E-state index in [1.165, 1.54) is 9.79 Å². The number of pyridine rings is 1. The van der Waals surface area contributed by atoms with Crippen LogP contribution in [0.2, 0.25) is 0 Å². The van der Waals surface area contributed by atoms with E-state index in [4.69, 9.17) is 0 Å². The molecule has 2 nitrogen and oxygen atoms in total. The van der Waals surface area contributed by atoms with Gasteiger partial charge >= 0.3 is 0 Å². The van der Waals surface area contributed by atoms with Crippen LogP contribution in [-0.2, 0) is 0 Å². The van der Waals surface area contributed by atoms with Gasteiger partial charge < -0.3 is 5.32 Å². The minimum absolute atomic E-state index is 0.895. The highest BCUT2D eigenvalue weighted by Gasteiger charge is 1.98. The average molecular weight is 230 g/mol. The highest BCUT2D eigenvalue weighted by Crippen LogP contribution is 2.27. The van der Waals surface area contributed by atoms with Gasteiger partial charge in [-0.3, -0.25) is 0 Å². The summed E-state index contributed by atoms with van der Waals surface area (Å²) in [6.45, 7) is 2.96. The third kappa shape index (κ3) is 3.00. The second kappa shape index (κ2) is 5.56. The van der Waals surface area contributed by atoms with Crippen LogP contribution in [0.25, 0.3) is 0 Å². The van der Waals surface area contributed by atoms with Crippen molar-refractivity contribution in [3.63, 3.8) is 0 Å². The van der Waals surface area contributed by atoms with Crippen molar-refractivity contribution in [2.45, 2.75) is 16.7 Å². The molecule has 16 heavy (non-hydrogen) atoms. The minimum atomic E-state index is 0.895. The molecule has 0 fully saturated rings. The largest absolute Gasteiger partial charge is 0.370 e. The Bertz CT molecular complexity index is 443. The molecule has 0 aliphatic rings. The first kappa shape index (κ1) is 11.0. The second-order valence-corrected chi connectivity index (χ2v) is 4.47. The zero-order valence-corrected chi connectivity index (χ0v) is 10.00. The maximum Gasteiger partial charge on any atom is 0.126 e. The summed E-state index contributed by atoms with van der Waals surface area (Å²) in [6.07, 6.45) is 1.84. The molecule has 1 aromatic carbocycles. The normalized spacial score (nSPS) is 10.1. The Balaban J connectivity index is 2.12. The molecule has 82 valence electrons. The molecule has 0 unspecified atom stereocenters. The standard InChI is InChI=1S/C13H14N2S/c1-2-14-13-10-12(8-9-15-13)16-11-6-4-3-5-7-11/h3-10H,2H2,1H3,(H,14,15). The van der Waals surface area contributed by atoms with Gasteiger partial charge in [-0.25, -0.2) is 4.98 Å². The first-order valence-corrected chi connectivity index (χ1v) is 6.13. The number of nitrogens with zero attached hydrogens (tertiary/aromatic N) is 1. The van der Waals surface area contributed by atoms with Crippen LogP contribution in [0.3, 0.4) is 0 Å². The molecule has 0 bridgehead atoms. The van der Waals surface area contributed by atoms with Crippen LogP contribution in [0.4, 0.5) is 5.82 Å². The molecular formula is C13H14N2S. The fraction of sp³-hybridized carbons (Fsp3) is 0.154. The molecule has 0 radical (unpaired) electrons. The number of rotatable bonds is 4. The highest BCUT2D eigenvalue weighted by atomic mass is 32.2. The van der Waals surface area contributed by atoms with Gasteiger partial charge in [0.15, 0.2) is 0 Å². The first-order valence-electron chi connectivity index (χ1n) is 5.31. The van der Waals surface area contributed by atoms with E-state index < -0.39 is 0 Å². The number of benzene rings is 1. The van der Waals surface area contributed by atoms with Crippen LogP contribution in [0, 0.1) is 0 Å². The first-order chi connectivity index (χ1) is 7.88. The van der Waals surface area contributed by atoms with E-state index in [0.29, 0.717) is 0 Å². The van der Waals surface area contributed by atoms with Gasteiger partial charge in [-0.2, -0.15) is 0 Å². The van der Waals surface area contributed by atoms with Gasteiger partial charge in [-0.15, -0.1) is 0 Å². The molecule has 0 spiro atoms. The van der Waals surface area contributed by atoms with E-state index >= 15 is 0 Å². The molecule has 0 amide bonds. The van der Waals surface area contributed by atoms with E-state index in [-0.39, 0.29) is 0 Å². The molecule has 1 heterocycles. The molecular weight excluding hydrogens is 216 g/mol. The fourth-order valence-corrected chi connectivity index (χ4v) is 2.24. The van der Waals surface area contributed by atoms with Gasteiger partial charge in [0, 0.05) is 22.5 Å². The molecule has 3 heteroatoms. The molecule has 1 aromatic heterocycles. The third-order valence-electron chi connectivity index (χ3n) is 2.07. The summed E-state index contributed by atoms with van der Waals surface area (Å²) in [5.41, 5.74) is 0.